The maximum absolute atomic E-state index is 12.0. The molecule has 0 aliphatic carbocycles. The predicted molar refractivity (Wildman–Crippen MR) is 83.6 cm³/mol. The minimum absolute atomic E-state index is 0.0615. The highest BCUT2D eigenvalue weighted by molar-refractivity contribution is 5.96. The molecule has 0 atom stereocenters. The van der Waals surface area contributed by atoms with Crippen LogP contribution in [0, 0.1) is 0 Å². The van der Waals surface area contributed by atoms with E-state index in [2.05, 4.69) is 15.5 Å². The van der Waals surface area contributed by atoms with E-state index >= 15 is 0 Å². The van der Waals surface area contributed by atoms with E-state index in [1.807, 2.05) is 25.1 Å². The van der Waals surface area contributed by atoms with Gasteiger partial charge in [0.25, 0.3) is 5.91 Å². The molecule has 0 saturated heterocycles. The number of H-pyrrole nitrogens is 1. The van der Waals surface area contributed by atoms with E-state index < -0.39 is 5.97 Å². The molecule has 3 N–H and O–H groups in total. The zero-order valence-electron chi connectivity index (χ0n) is 12.2. The van der Waals surface area contributed by atoms with Gasteiger partial charge in [-0.2, -0.15) is 5.10 Å². The van der Waals surface area contributed by atoms with Gasteiger partial charge in [-0.05, 0) is 24.3 Å². The van der Waals surface area contributed by atoms with Gasteiger partial charge in [0.2, 0.25) is 0 Å². The molecule has 1 heterocycles. The van der Waals surface area contributed by atoms with Gasteiger partial charge in [0.05, 0.1) is 6.21 Å². The Morgan fingerprint density at radius 1 is 1.32 bits per heavy atom. The molecule has 22 heavy (non-hydrogen) atoms. The molecule has 1 aromatic heterocycles. The van der Waals surface area contributed by atoms with Gasteiger partial charge in [-0.15, -0.1) is 0 Å². The van der Waals surface area contributed by atoms with E-state index in [9.17, 15) is 9.59 Å². The second kappa shape index (κ2) is 6.57. The Kier molecular flexibility index (Phi) is 4.57. The summed E-state index contributed by atoms with van der Waals surface area (Å²) in [7, 11) is 3.78. The molecule has 1 amide bonds. The fraction of sp³-hybridized carbons (Fsp3) is 0.133. The van der Waals surface area contributed by atoms with Crippen LogP contribution < -0.4 is 10.3 Å². The number of carboxylic acid groups (broad SMARTS) is 1. The Hall–Kier alpha value is -3.09. The predicted octanol–water partition coefficient (Wildman–Crippen LogP) is 1.54. The highest BCUT2D eigenvalue weighted by atomic mass is 16.4. The van der Waals surface area contributed by atoms with Gasteiger partial charge in [-0.3, -0.25) is 4.79 Å². The fourth-order valence-corrected chi connectivity index (χ4v) is 1.76. The normalized spacial score (nSPS) is 10.6. The standard InChI is InChI=1S/C15H16N4O3/c1-19(2)12-5-3-4-11(7-12)14(20)18-17-9-10-6-13(15(21)22)16-8-10/h3-9,16H,1-2H3,(H,18,20)(H,21,22)/b17-9+. The summed E-state index contributed by atoms with van der Waals surface area (Å²) in [5.74, 6) is -1.39. The summed E-state index contributed by atoms with van der Waals surface area (Å²) in [5, 5.41) is 12.6. The lowest BCUT2D eigenvalue weighted by Gasteiger charge is -2.12. The maximum Gasteiger partial charge on any atom is 0.352 e. The molecular weight excluding hydrogens is 284 g/mol. The number of hydrogen-bond donors (Lipinski definition) is 3. The van der Waals surface area contributed by atoms with E-state index in [-0.39, 0.29) is 11.6 Å². The van der Waals surface area contributed by atoms with E-state index in [0.717, 1.165) is 5.69 Å². The average molecular weight is 300 g/mol. The summed E-state index contributed by atoms with van der Waals surface area (Å²) >= 11 is 0. The Morgan fingerprint density at radius 3 is 2.73 bits per heavy atom. The zero-order chi connectivity index (χ0) is 16.1. The van der Waals surface area contributed by atoms with E-state index in [1.54, 1.807) is 18.2 Å². The number of hydrogen-bond acceptors (Lipinski definition) is 4. The number of carbonyl (C=O) groups excluding carboxylic acids is 1. The van der Waals surface area contributed by atoms with Gasteiger partial charge in [0.1, 0.15) is 5.69 Å². The van der Waals surface area contributed by atoms with Crippen LogP contribution in [0.4, 0.5) is 5.69 Å². The van der Waals surface area contributed by atoms with Crippen molar-refractivity contribution in [1.82, 2.24) is 10.4 Å². The molecule has 7 heteroatoms. The van der Waals surface area contributed by atoms with Crippen LogP contribution in [-0.2, 0) is 0 Å². The minimum atomic E-state index is -1.05. The zero-order valence-corrected chi connectivity index (χ0v) is 12.2. The number of hydrazone groups is 1. The molecule has 7 nitrogen and oxygen atoms in total. The van der Waals surface area contributed by atoms with Crippen LogP contribution >= 0.6 is 0 Å². The van der Waals surface area contributed by atoms with Gasteiger partial charge in [-0.1, -0.05) is 6.07 Å². The summed E-state index contributed by atoms with van der Waals surface area (Å²) in [4.78, 5) is 27.2. The van der Waals surface area contributed by atoms with Crippen molar-refractivity contribution in [3.63, 3.8) is 0 Å². The summed E-state index contributed by atoms with van der Waals surface area (Å²) < 4.78 is 0. The largest absolute Gasteiger partial charge is 0.477 e. The van der Waals surface area contributed by atoms with Crippen molar-refractivity contribution in [1.29, 1.82) is 0 Å². The second-order valence-corrected chi connectivity index (χ2v) is 4.80. The number of carboxylic acids is 1. The lowest BCUT2D eigenvalue weighted by molar-refractivity contribution is 0.0691. The van der Waals surface area contributed by atoms with Crippen LogP contribution in [0.1, 0.15) is 26.4 Å². The molecule has 0 aliphatic heterocycles. The first kappa shape index (κ1) is 15.3. The first-order valence-electron chi connectivity index (χ1n) is 6.50. The topological polar surface area (TPSA) is 97.8 Å². The van der Waals surface area contributed by atoms with Crippen LogP contribution in [0.5, 0.6) is 0 Å². The number of aromatic carboxylic acids is 1. The van der Waals surface area contributed by atoms with Crippen LogP contribution in [0.2, 0.25) is 0 Å². The first-order chi connectivity index (χ1) is 10.5. The quantitative estimate of drug-likeness (QED) is 0.576. The van der Waals surface area contributed by atoms with Gasteiger partial charge in [0.15, 0.2) is 0 Å². The fourth-order valence-electron chi connectivity index (χ4n) is 1.76. The van der Waals surface area contributed by atoms with Gasteiger partial charge in [-0.25, -0.2) is 10.2 Å². The first-order valence-corrected chi connectivity index (χ1v) is 6.50. The lowest BCUT2D eigenvalue weighted by Crippen LogP contribution is -2.18. The van der Waals surface area contributed by atoms with Crippen LogP contribution in [0.15, 0.2) is 41.6 Å². The van der Waals surface area contributed by atoms with Crippen molar-refractivity contribution in [3.8, 4) is 0 Å². The van der Waals surface area contributed by atoms with Crippen molar-refractivity contribution in [2.24, 2.45) is 5.10 Å². The Morgan fingerprint density at radius 2 is 2.09 bits per heavy atom. The molecule has 114 valence electrons. The summed E-state index contributed by atoms with van der Waals surface area (Å²) in [5.41, 5.74) is 4.42. The van der Waals surface area contributed by atoms with E-state index in [4.69, 9.17) is 5.11 Å². The molecule has 0 radical (unpaired) electrons. The molecule has 0 saturated carbocycles. The lowest BCUT2D eigenvalue weighted by atomic mass is 10.2. The Bertz CT molecular complexity index is 719. The van der Waals surface area contributed by atoms with Crippen LogP contribution in [-0.4, -0.2) is 42.3 Å². The number of rotatable bonds is 5. The van der Waals surface area contributed by atoms with Crippen molar-refractivity contribution in [2.45, 2.75) is 0 Å². The van der Waals surface area contributed by atoms with Crippen molar-refractivity contribution in [2.75, 3.05) is 19.0 Å². The molecule has 2 aromatic rings. The number of aromatic nitrogens is 1. The number of benzene rings is 1. The highest BCUT2D eigenvalue weighted by Crippen LogP contribution is 2.13. The highest BCUT2D eigenvalue weighted by Gasteiger charge is 2.07. The number of anilines is 1. The molecule has 0 spiro atoms. The third-order valence-corrected chi connectivity index (χ3v) is 2.94. The summed E-state index contributed by atoms with van der Waals surface area (Å²) in [6, 6.07) is 8.55. The van der Waals surface area contributed by atoms with Gasteiger partial charge >= 0.3 is 5.97 Å². The van der Waals surface area contributed by atoms with Crippen molar-refractivity contribution >= 4 is 23.8 Å². The number of nitrogens with zero attached hydrogens (tertiary/aromatic N) is 2. The Labute approximate surface area is 127 Å². The number of aromatic amines is 1. The molecule has 1 aromatic carbocycles. The third kappa shape index (κ3) is 3.72. The number of nitrogens with one attached hydrogen (secondary N) is 2. The number of carbonyl (C=O) groups is 2. The molecule has 0 fully saturated rings. The van der Waals surface area contributed by atoms with Crippen LogP contribution in [0.25, 0.3) is 0 Å². The van der Waals surface area contributed by atoms with Crippen molar-refractivity contribution < 1.29 is 14.7 Å². The van der Waals surface area contributed by atoms with Crippen molar-refractivity contribution in [3.05, 3.63) is 53.3 Å². The summed E-state index contributed by atoms with van der Waals surface area (Å²) in [6.07, 6.45) is 2.86. The second-order valence-electron chi connectivity index (χ2n) is 4.80. The minimum Gasteiger partial charge on any atom is -0.477 e. The molecular formula is C15H16N4O3. The third-order valence-electron chi connectivity index (χ3n) is 2.94. The monoisotopic (exact) mass is 300 g/mol. The number of amides is 1. The summed E-state index contributed by atoms with van der Waals surface area (Å²) in [6.45, 7) is 0. The molecule has 0 aliphatic rings. The molecule has 2 rings (SSSR count). The average Bonchev–Trinajstić information content (AvgIpc) is 2.96. The van der Waals surface area contributed by atoms with Gasteiger partial charge in [0, 0.05) is 37.1 Å². The van der Waals surface area contributed by atoms with Gasteiger partial charge < -0.3 is 15.0 Å². The maximum atomic E-state index is 12.0. The van der Waals surface area contributed by atoms with Crippen LogP contribution in [0.3, 0.4) is 0 Å². The Balaban J connectivity index is 2.01. The van der Waals surface area contributed by atoms with E-state index in [0.29, 0.717) is 11.1 Å². The molecule has 0 bridgehead atoms. The van der Waals surface area contributed by atoms with E-state index in [1.165, 1.54) is 18.5 Å². The SMILES string of the molecule is CN(C)c1cccc(C(=O)N/N=C/c2c[nH]c(C(=O)O)c2)c1. The molecule has 0 unspecified atom stereocenters. The smallest absolute Gasteiger partial charge is 0.352 e.